The van der Waals surface area contributed by atoms with E-state index < -0.39 is 0 Å². The maximum atomic E-state index is 12.2. The van der Waals surface area contributed by atoms with Crippen molar-refractivity contribution in [3.63, 3.8) is 0 Å². The molecule has 1 N–H and O–H groups in total. The number of rotatable bonds is 4. The Bertz CT molecular complexity index is 790. The van der Waals surface area contributed by atoms with Crippen LogP contribution < -0.4 is 5.32 Å². The monoisotopic (exact) mass is 313 g/mol. The minimum absolute atomic E-state index is 0.0588. The maximum absolute atomic E-state index is 12.2. The zero-order valence-corrected chi connectivity index (χ0v) is 13.6. The summed E-state index contributed by atoms with van der Waals surface area (Å²) in [5.74, 6) is 0. The van der Waals surface area contributed by atoms with Crippen molar-refractivity contribution >= 4 is 27.5 Å². The number of aromatic nitrogens is 1. The van der Waals surface area contributed by atoms with Crippen molar-refractivity contribution in [2.24, 2.45) is 7.05 Å². The van der Waals surface area contributed by atoms with E-state index in [0.29, 0.717) is 13.1 Å². The lowest BCUT2D eigenvalue weighted by Crippen LogP contribution is -2.36. The predicted molar refractivity (Wildman–Crippen MR) is 90.9 cm³/mol. The zero-order valence-electron chi connectivity index (χ0n) is 12.7. The van der Waals surface area contributed by atoms with Crippen LogP contribution in [0.1, 0.15) is 11.3 Å². The first-order valence-corrected chi connectivity index (χ1v) is 8.07. The van der Waals surface area contributed by atoms with Crippen molar-refractivity contribution in [2.75, 3.05) is 7.05 Å². The van der Waals surface area contributed by atoms with Gasteiger partial charge in [-0.2, -0.15) is 0 Å². The molecule has 2 amide bonds. The van der Waals surface area contributed by atoms with Crippen LogP contribution in [-0.4, -0.2) is 22.5 Å². The Morgan fingerprint density at radius 2 is 2.09 bits per heavy atom. The van der Waals surface area contributed by atoms with Crippen molar-refractivity contribution in [3.8, 4) is 0 Å². The largest absolute Gasteiger partial charge is 0.353 e. The van der Waals surface area contributed by atoms with Crippen LogP contribution in [0.4, 0.5) is 4.79 Å². The third-order valence-corrected chi connectivity index (χ3v) is 4.80. The molecule has 114 valence electrons. The number of urea groups is 1. The SMILES string of the molecule is CN(Cc1cccn1C)C(=O)NCc1csc2ccccc12. The molecule has 0 radical (unpaired) electrons. The summed E-state index contributed by atoms with van der Waals surface area (Å²) in [6.45, 7) is 1.15. The van der Waals surface area contributed by atoms with E-state index >= 15 is 0 Å². The van der Waals surface area contributed by atoms with Gasteiger partial charge in [-0.1, -0.05) is 18.2 Å². The molecular weight excluding hydrogens is 294 g/mol. The highest BCUT2D eigenvalue weighted by Gasteiger charge is 2.11. The highest BCUT2D eigenvalue weighted by Crippen LogP contribution is 2.25. The molecule has 22 heavy (non-hydrogen) atoms. The number of carbonyl (C=O) groups is 1. The quantitative estimate of drug-likeness (QED) is 0.785. The average molecular weight is 313 g/mol. The van der Waals surface area contributed by atoms with Gasteiger partial charge in [0.2, 0.25) is 0 Å². The van der Waals surface area contributed by atoms with Crippen molar-refractivity contribution in [1.82, 2.24) is 14.8 Å². The molecule has 3 rings (SSSR count). The van der Waals surface area contributed by atoms with E-state index in [0.717, 1.165) is 5.69 Å². The van der Waals surface area contributed by atoms with Gasteiger partial charge in [-0.15, -0.1) is 11.3 Å². The molecule has 0 aliphatic rings. The Morgan fingerprint density at radius 3 is 2.86 bits per heavy atom. The minimum atomic E-state index is -0.0588. The van der Waals surface area contributed by atoms with Gasteiger partial charge in [0.15, 0.2) is 0 Å². The predicted octanol–water partition coefficient (Wildman–Crippen LogP) is 3.58. The molecule has 4 nitrogen and oxygen atoms in total. The maximum Gasteiger partial charge on any atom is 0.317 e. The van der Waals surface area contributed by atoms with E-state index in [9.17, 15) is 4.79 Å². The van der Waals surface area contributed by atoms with Gasteiger partial charge in [-0.05, 0) is 34.5 Å². The third kappa shape index (κ3) is 2.99. The topological polar surface area (TPSA) is 37.3 Å². The summed E-state index contributed by atoms with van der Waals surface area (Å²) in [5, 5.41) is 6.33. The first-order chi connectivity index (χ1) is 10.6. The van der Waals surface area contributed by atoms with Gasteiger partial charge in [-0.25, -0.2) is 4.79 Å². The molecule has 2 aromatic heterocycles. The first kappa shape index (κ1) is 14.7. The molecule has 0 atom stereocenters. The van der Waals surface area contributed by atoms with E-state index in [-0.39, 0.29) is 6.03 Å². The summed E-state index contributed by atoms with van der Waals surface area (Å²) in [4.78, 5) is 13.9. The molecule has 0 spiro atoms. The number of hydrogen-bond donors (Lipinski definition) is 1. The highest BCUT2D eigenvalue weighted by atomic mass is 32.1. The van der Waals surface area contributed by atoms with Crippen LogP contribution in [0.2, 0.25) is 0 Å². The third-order valence-electron chi connectivity index (χ3n) is 3.79. The fourth-order valence-electron chi connectivity index (χ4n) is 2.45. The van der Waals surface area contributed by atoms with Crippen molar-refractivity contribution in [1.29, 1.82) is 0 Å². The number of hydrogen-bond acceptors (Lipinski definition) is 2. The average Bonchev–Trinajstić information content (AvgIpc) is 3.11. The Morgan fingerprint density at radius 1 is 1.27 bits per heavy atom. The standard InChI is InChI=1S/C17H19N3OS/c1-19-9-5-6-14(19)11-20(2)17(21)18-10-13-12-22-16-8-4-3-7-15(13)16/h3-9,12H,10-11H2,1-2H3,(H,18,21). The molecule has 0 saturated carbocycles. The molecule has 2 heterocycles. The molecule has 3 aromatic rings. The van der Waals surface area contributed by atoms with Crippen LogP contribution in [0.25, 0.3) is 10.1 Å². The first-order valence-electron chi connectivity index (χ1n) is 7.19. The molecule has 5 heteroatoms. The van der Waals surface area contributed by atoms with E-state index in [1.54, 1.807) is 16.2 Å². The number of benzene rings is 1. The number of nitrogens with zero attached hydrogens (tertiary/aromatic N) is 2. The number of amides is 2. The Labute approximate surface area is 134 Å². The summed E-state index contributed by atoms with van der Waals surface area (Å²) < 4.78 is 3.28. The molecule has 1 aromatic carbocycles. The van der Waals surface area contributed by atoms with E-state index in [2.05, 4.69) is 22.8 Å². The minimum Gasteiger partial charge on any atom is -0.353 e. The normalized spacial score (nSPS) is 10.8. The fourth-order valence-corrected chi connectivity index (χ4v) is 3.41. The summed E-state index contributed by atoms with van der Waals surface area (Å²) in [7, 11) is 3.80. The summed E-state index contributed by atoms with van der Waals surface area (Å²) in [6.07, 6.45) is 1.98. The van der Waals surface area contributed by atoms with Crippen LogP contribution in [-0.2, 0) is 20.1 Å². The van der Waals surface area contributed by atoms with Crippen molar-refractivity contribution in [2.45, 2.75) is 13.1 Å². The Balaban J connectivity index is 1.61. The molecule has 0 aliphatic heterocycles. The molecular formula is C17H19N3OS. The molecule has 0 unspecified atom stereocenters. The lowest BCUT2D eigenvalue weighted by molar-refractivity contribution is 0.205. The number of fused-ring (bicyclic) bond motifs is 1. The van der Waals surface area contributed by atoms with Gasteiger partial charge in [-0.3, -0.25) is 0 Å². The van der Waals surface area contributed by atoms with E-state index in [1.807, 2.05) is 49.1 Å². The summed E-state index contributed by atoms with van der Waals surface area (Å²) in [6, 6.07) is 12.2. The Hall–Kier alpha value is -2.27. The lowest BCUT2D eigenvalue weighted by atomic mass is 10.2. The van der Waals surface area contributed by atoms with Gasteiger partial charge >= 0.3 is 6.03 Å². The smallest absolute Gasteiger partial charge is 0.317 e. The van der Waals surface area contributed by atoms with E-state index in [4.69, 9.17) is 0 Å². The number of thiophene rings is 1. The second-order valence-corrected chi connectivity index (χ2v) is 6.29. The van der Waals surface area contributed by atoms with Crippen LogP contribution >= 0.6 is 11.3 Å². The van der Waals surface area contributed by atoms with Gasteiger partial charge in [0.05, 0.1) is 6.54 Å². The van der Waals surface area contributed by atoms with Gasteiger partial charge in [0.25, 0.3) is 0 Å². The second-order valence-electron chi connectivity index (χ2n) is 5.38. The van der Waals surface area contributed by atoms with Crippen LogP contribution in [0.5, 0.6) is 0 Å². The summed E-state index contributed by atoms with van der Waals surface area (Å²) >= 11 is 1.71. The van der Waals surface area contributed by atoms with Gasteiger partial charge < -0.3 is 14.8 Å². The molecule has 0 fully saturated rings. The molecule has 0 aliphatic carbocycles. The van der Waals surface area contributed by atoms with Gasteiger partial charge in [0, 0.05) is 37.2 Å². The lowest BCUT2D eigenvalue weighted by Gasteiger charge is -2.18. The van der Waals surface area contributed by atoms with Gasteiger partial charge in [0.1, 0.15) is 0 Å². The van der Waals surface area contributed by atoms with Crippen LogP contribution in [0, 0.1) is 0 Å². The van der Waals surface area contributed by atoms with E-state index in [1.165, 1.54) is 15.6 Å². The summed E-state index contributed by atoms with van der Waals surface area (Å²) in [5.41, 5.74) is 2.28. The van der Waals surface area contributed by atoms with Crippen LogP contribution in [0.3, 0.4) is 0 Å². The van der Waals surface area contributed by atoms with Crippen LogP contribution in [0.15, 0.2) is 48.0 Å². The number of carbonyl (C=O) groups excluding carboxylic acids is 1. The highest BCUT2D eigenvalue weighted by molar-refractivity contribution is 7.17. The number of aryl methyl sites for hydroxylation is 1. The fraction of sp³-hybridized carbons (Fsp3) is 0.235. The second kappa shape index (κ2) is 6.23. The van der Waals surface area contributed by atoms with Crippen molar-refractivity contribution < 1.29 is 4.79 Å². The zero-order chi connectivity index (χ0) is 15.5. The molecule has 0 bridgehead atoms. The Kier molecular flexibility index (Phi) is 4.15. The van der Waals surface area contributed by atoms with Crippen molar-refractivity contribution in [3.05, 3.63) is 59.2 Å². The molecule has 0 saturated heterocycles. The number of nitrogens with one attached hydrogen (secondary N) is 1.